The highest BCUT2D eigenvalue weighted by molar-refractivity contribution is 7.90. The van der Waals surface area contributed by atoms with E-state index in [1.165, 1.54) is 18.2 Å². The minimum Gasteiger partial charge on any atom is -0.457 e. The predicted molar refractivity (Wildman–Crippen MR) is 99.5 cm³/mol. The SMILES string of the molecule is [CH2]c1cc(=O)c(Oc2ccc(Cl)cc2)c(-c2ccc(S(C)(=O)=O)cc2)o1. The molecule has 0 atom stereocenters. The van der Waals surface area contributed by atoms with Gasteiger partial charge in [-0.2, -0.15) is 0 Å². The van der Waals surface area contributed by atoms with Crippen molar-refractivity contribution in [1.29, 1.82) is 0 Å². The molecule has 1 aromatic heterocycles. The Hall–Kier alpha value is -2.57. The van der Waals surface area contributed by atoms with Crippen LogP contribution in [-0.4, -0.2) is 14.7 Å². The molecular formula is C19H14ClO5S. The first-order valence-electron chi connectivity index (χ1n) is 7.48. The quantitative estimate of drug-likeness (QED) is 0.663. The summed E-state index contributed by atoms with van der Waals surface area (Å²) in [5, 5.41) is 0.536. The fourth-order valence-corrected chi connectivity index (χ4v) is 3.05. The summed E-state index contributed by atoms with van der Waals surface area (Å²) in [7, 11) is -3.33. The highest BCUT2D eigenvalue weighted by Gasteiger charge is 2.17. The van der Waals surface area contributed by atoms with Gasteiger partial charge in [-0.05, 0) is 48.5 Å². The van der Waals surface area contributed by atoms with Crippen molar-refractivity contribution in [2.24, 2.45) is 0 Å². The molecule has 0 amide bonds. The molecule has 0 aliphatic heterocycles. The van der Waals surface area contributed by atoms with Gasteiger partial charge in [-0.3, -0.25) is 4.79 Å². The first kappa shape index (κ1) is 18.2. The molecule has 7 heteroatoms. The van der Waals surface area contributed by atoms with Gasteiger partial charge in [-0.15, -0.1) is 0 Å². The van der Waals surface area contributed by atoms with Crippen LogP contribution in [0.25, 0.3) is 11.3 Å². The Morgan fingerprint density at radius 3 is 2.23 bits per heavy atom. The molecule has 0 bridgehead atoms. The standard InChI is InChI=1S/C19H14ClO5S/c1-12-11-17(21)19(25-15-7-5-14(20)6-8-15)18(24-12)13-3-9-16(10-4-13)26(2,22)23/h3-11H,1H2,2H3. The van der Waals surface area contributed by atoms with Gasteiger partial charge in [0.15, 0.2) is 15.6 Å². The average Bonchev–Trinajstić information content (AvgIpc) is 2.58. The van der Waals surface area contributed by atoms with Crippen molar-refractivity contribution in [2.75, 3.05) is 6.26 Å². The topological polar surface area (TPSA) is 73.6 Å². The van der Waals surface area contributed by atoms with E-state index < -0.39 is 15.3 Å². The number of hydrogen-bond acceptors (Lipinski definition) is 5. The van der Waals surface area contributed by atoms with E-state index in [-0.39, 0.29) is 22.2 Å². The molecule has 1 radical (unpaired) electrons. The lowest BCUT2D eigenvalue weighted by Crippen LogP contribution is -2.06. The normalized spacial score (nSPS) is 11.3. The summed E-state index contributed by atoms with van der Waals surface area (Å²) in [6, 6.07) is 13.7. The number of rotatable bonds is 4. The molecule has 26 heavy (non-hydrogen) atoms. The van der Waals surface area contributed by atoms with Crippen molar-refractivity contribution < 1.29 is 17.6 Å². The fraction of sp³-hybridized carbons (Fsp3) is 0.0526. The average molecular weight is 390 g/mol. The minimum absolute atomic E-state index is 0.0215. The van der Waals surface area contributed by atoms with Gasteiger partial charge in [0.1, 0.15) is 11.5 Å². The third-order valence-corrected chi connectivity index (χ3v) is 4.91. The Morgan fingerprint density at radius 2 is 1.65 bits per heavy atom. The van der Waals surface area contributed by atoms with E-state index in [2.05, 4.69) is 6.92 Å². The largest absolute Gasteiger partial charge is 0.457 e. The Bertz CT molecular complexity index is 1100. The number of hydrogen-bond donors (Lipinski definition) is 0. The third kappa shape index (κ3) is 3.98. The highest BCUT2D eigenvalue weighted by atomic mass is 35.5. The van der Waals surface area contributed by atoms with Crippen molar-refractivity contribution in [3.05, 3.63) is 82.5 Å². The molecule has 133 valence electrons. The van der Waals surface area contributed by atoms with Gasteiger partial charge in [0, 0.05) is 29.8 Å². The van der Waals surface area contributed by atoms with Crippen LogP contribution in [-0.2, 0) is 9.84 Å². The molecule has 3 rings (SSSR count). The molecule has 2 aromatic carbocycles. The Morgan fingerprint density at radius 1 is 1.04 bits per heavy atom. The van der Waals surface area contributed by atoms with E-state index in [0.29, 0.717) is 16.3 Å². The molecule has 0 aliphatic carbocycles. The zero-order valence-corrected chi connectivity index (χ0v) is 15.3. The lowest BCUT2D eigenvalue weighted by molar-refractivity contribution is 0.442. The van der Waals surface area contributed by atoms with Crippen LogP contribution in [0.5, 0.6) is 11.5 Å². The van der Waals surface area contributed by atoms with Crippen LogP contribution >= 0.6 is 11.6 Å². The lowest BCUT2D eigenvalue weighted by Gasteiger charge is -2.11. The summed E-state index contributed by atoms with van der Waals surface area (Å²) in [5.74, 6) is 0.720. The monoisotopic (exact) mass is 389 g/mol. The Labute approximate surface area is 155 Å². The van der Waals surface area contributed by atoms with Crippen molar-refractivity contribution in [2.45, 2.75) is 4.90 Å². The first-order valence-corrected chi connectivity index (χ1v) is 9.75. The minimum atomic E-state index is -3.33. The number of benzene rings is 2. The van der Waals surface area contributed by atoms with Gasteiger partial charge in [0.05, 0.1) is 4.90 Å². The number of halogens is 1. The molecule has 0 fully saturated rings. The van der Waals surface area contributed by atoms with E-state index in [9.17, 15) is 13.2 Å². The molecule has 1 heterocycles. The van der Waals surface area contributed by atoms with Crippen LogP contribution in [0.3, 0.4) is 0 Å². The smallest absolute Gasteiger partial charge is 0.228 e. The van der Waals surface area contributed by atoms with E-state index in [0.717, 1.165) is 6.26 Å². The summed E-state index contributed by atoms with van der Waals surface area (Å²) < 4.78 is 34.5. The molecular weight excluding hydrogens is 376 g/mol. The zero-order chi connectivity index (χ0) is 18.9. The maximum Gasteiger partial charge on any atom is 0.228 e. The maximum absolute atomic E-state index is 12.4. The van der Waals surface area contributed by atoms with Crippen molar-refractivity contribution >= 4 is 21.4 Å². The second kappa shape index (κ2) is 6.97. The Balaban J connectivity index is 2.09. The highest BCUT2D eigenvalue weighted by Crippen LogP contribution is 2.32. The summed E-state index contributed by atoms with van der Waals surface area (Å²) in [5.41, 5.74) is 0.0855. The second-order valence-electron chi connectivity index (χ2n) is 5.59. The molecule has 0 N–H and O–H groups in total. The molecule has 0 spiro atoms. The maximum atomic E-state index is 12.4. The summed E-state index contributed by atoms with van der Waals surface area (Å²) in [6.45, 7) is 3.65. The van der Waals surface area contributed by atoms with Crippen molar-refractivity contribution in [3.8, 4) is 22.8 Å². The van der Waals surface area contributed by atoms with Crippen LogP contribution in [0, 0.1) is 6.92 Å². The van der Waals surface area contributed by atoms with Crippen LogP contribution in [0.4, 0.5) is 0 Å². The Kier molecular flexibility index (Phi) is 4.89. The molecule has 0 unspecified atom stereocenters. The fourth-order valence-electron chi connectivity index (χ4n) is 2.29. The van der Waals surface area contributed by atoms with Gasteiger partial charge >= 0.3 is 0 Å². The molecule has 0 saturated heterocycles. The van der Waals surface area contributed by atoms with Gasteiger partial charge in [-0.1, -0.05) is 11.6 Å². The molecule has 0 aliphatic rings. The van der Waals surface area contributed by atoms with Crippen molar-refractivity contribution in [3.63, 3.8) is 0 Å². The molecule has 0 saturated carbocycles. The predicted octanol–water partition coefficient (Wildman–Crippen LogP) is 4.34. The number of ether oxygens (including phenoxy) is 1. The van der Waals surface area contributed by atoms with Gasteiger partial charge in [-0.25, -0.2) is 8.42 Å². The zero-order valence-electron chi connectivity index (χ0n) is 13.7. The van der Waals surface area contributed by atoms with E-state index in [4.69, 9.17) is 20.8 Å². The van der Waals surface area contributed by atoms with Crippen LogP contribution in [0.2, 0.25) is 5.02 Å². The molecule has 5 nitrogen and oxygen atoms in total. The summed E-state index contributed by atoms with van der Waals surface area (Å²) in [4.78, 5) is 12.5. The van der Waals surface area contributed by atoms with Crippen LogP contribution in [0.1, 0.15) is 5.76 Å². The van der Waals surface area contributed by atoms with E-state index >= 15 is 0 Å². The van der Waals surface area contributed by atoms with Gasteiger partial charge < -0.3 is 9.15 Å². The van der Waals surface area contributed by atoms with Gasteiger partial charge in [0.25, 0.3) is 0 Å². The van der Waals surface area contributed by atoms with Crippen molar-refractivity contribution in [1.82, 2.24) is 0 Å². The summed E-state index contributed by atoms with van der Waals surface area (Å²) >= 11 is 5.85. The lowest BCUT2D eigenvalue weighted by atomic mass is 10.1. The van der Waals surface area contributed by atoms with Gasteiger partial charge in [0.2, 0.25) is 11.2 Å². The van der Waals surface area contributed by atoms with Crippen LogP contribution in [0.15, 0.2) is 68.7 Å². The molecule has 3 aromatic rings. The number of sulfone groups is 1. The second-order valence-corrected chi connectivity index (χ2v) is 8.04. The van der Waals surface area contributed by atoms with Crippen LogP contribution < -0.4 is 10.2 Å². The van der Waals surface area contributed by atoms with E-state index in [1.54, 1.807) is 36.4 Å². The first-order chi connectivity index (χ1) is 12.2. The third-order valence-electron chi connectivity index (χ3n) is 3.53. The van der Waals surface area contributed by atoms with E-state index in [1.807, 2.05) is 0 Å². The summed E-state index contributed by atoms with van der Waals surface area (Å²) in [6.07, 6.45) is 1.12.